The summed E-state index contributed by atoms with van der Waals surface area (Å²) in [7, 11) is 0. The van der Waals surface area contributed by atoms with E-state index in [9.17, 15) is 19.2 Å². The first kappa shape index (κ1) is 23.8. The number of carbonyl (C=O) groups excluding carboxylic acids is 3. The Morgan fingerprint density at radius 2 is 1.62 bits per heavy atom. The van der Waals surface area contributed by atoms with Gasteiger partial charge >= 0.3 is 6.09 Å². The summed E-state index contributed by atoms with van der Waals surface area (Å²) in [5.41, 5.74) is -0.541. The number of carbonyl (C=O) groups is 3. The molecule has 1 aliphatic heterocycles. The number of rotatable bonds is 6. The molecule has 9 nitrogen and oxygen atoms in total. The van der Waals surface area contributed by atoms with Crippen LogP contribution in [0.1, 0.15) is 67.2 Å². The fraction of sp³-hybridized carbons (Fsp3) is 0.652. The zero-order valence-corrected chi connectivity index (χ0v) is 19.3. The number of amides is 3. The Bertz CT molecular complexity index is 896. The van der Waals surface area contributed by atoms with E-state index in [2.05, 4.69) is 5.32 Å². The van der Waals surface area contributed by atoms with Crippen LogP contribution in [0.3, 0.4) is 0 Å². The maximum absolute atomic E-state index is 13.2. The standard InChI is InChI=1S/C23H34N4O5/c1-4-32-23(31)27-11-9-26(10-12-27)22(30)19-15-25(13-16(2)3)14-18(20(19)28)21(29)24-17-7-5-6-8-17/h14-17H,4-13H2,1-3H3,(H,24,29). The van der Waals surface area contributed by atoms with Crippen molar-refractivity contribution in [1.82, 2.24) is 19.7 Å². The van der Waals surface area contributed by atoms with Gasteiger partial charge in [-0.1, -0.05) is 26.7 Å². The third kappa shape index (κ3) is 5.69. The SMILES string of the molecule is CCOC(=O)N1CCN(C(=O)c2cn(CC(C)C)cc(C(=O)NC3CCCC3)c2=O)CC1. The molecule has 0 aromatic carbocycles. The van der Waals surface area contributed by atoms with Gasteiger partial charge in [-0.3, -0.25) is 14.4 Å². The molecule has 0 unspecified atom stereocenters. The molecule has 2 heterocycles. The molecule has 0 spiro atoms. The number of piperazine rings is 1. The van der Waals surface area contributed by atoms with Gasteiger partial charge in [-0.25, -0.2) is 4.79 Å². The molecule has 9 heteroatoms. The lowest BCUT2D eigenvalue weighted by Gasteiger charge is -2.34. The lowest BCUT2D eigenvalue weighted by atomic mass is 10.1. The fourth-order valence-corrected chi connectivity index (χ4v) is 4.28. The first-order chi connectivity index (χ1) is 15.3. The molecule has 2 aliphatic rings. The van der Waals surface area contributed by atoms with Crippen LogP contribution in [0.15, 0.2) is 17.2 Å². The fourth-order valence-electron chi connectivity index (χ4n) is 4.28. The zero-order chi connectivity index (χ0) is 23.3. The van der Waals surface area contributed by atoms with Crippen molar-refractivity contribution in [3.63, 3.8) is 0 Å². The summed E-state index contributed by atoms with van der Waals surface area (Å²) in [4.78, 5) is 54.3. The highest BCUT2D eigenvalue weighted by Gasteiger charge is 2.29. The smallest absolute Gasteiger partial charge is 0.409 e. The Morgan fingerprint density at radius 1 is 1.03 bits per heavy atom. The molecule has 1 aromatic rings. The van der Waals surface area contributed by atoms with E-state index >= 15 is 0 Å². The first-order valence-electron chi connectivity index (χ1n) is 11.6. The highest BCUT2D eigenvalue weighted by Crippen LogP contribution is 2.18. The Balaban J connectivity index is 1.81. The molecule has 176 valence electrons. The van der Waals surface area contributed by atoms with Crippen LogP contribution in [-0.4, -0.2) is 71.1 Å². The van der Waals surface area contributed by atoms with Crippen LogP contribution < -0.4 is 10.7 Å². The summed E-state index contributed by atoms with van der Waals surface area (Å²) in [6.07, 6.45) is 6.67. The second-order valence-electron chi connectivity index (χ2n) is 8.94. The van der Waals surface area contributed by atoms with Crippen LogP contribution in [0.2, 0.25) is 0 Å². The number of ether oxygens (including phenoxy) is 1. The number of nitrogens with zero attached hydrogens (tertiary/aromatic N) is 3. The third-order valence-corrected chi connectivity index (χ3v) is 5.91. The predicted octanol–water partition coefficient (Wildman–Crippen LogP) is 2.09. The molecule has 1 aliphatic carbocycles. The topological polar surface area (TPSA) is 101 Å². The van der Waals surface area contributed by atoms with E-state index in [0.717, 1.165) is 25.7 Å². The normalized spacial score (nSPS) is 17.0. The highest BCUT2D eigenvalue weighted by atomic mass is 16.6. The van der Waals surface area contributed by atoms with E-state index in [0.29, 0.717) is 39.3 Å². The molecule has 0 atom stereocenters. The molecule has 0 radical (unpaired) electrons. The van der Waals surface area contributed by atoms with Gasteiger partial charge < -0.3 is 24.4 Å². The zero-order valence-electron chi connectivity index (χ0n) is 19.3. The predicted molar refractivity (Wildman–Crippen MR) is 120 cm³/mol. The van der Waals surface area contributed by atoms with Crippen molar-refractivity contribution >= 4 is 17.9 Å². The van der Waals surface area contributed by atoms with Gasteiger partial charge in [0.1, 0.15) is 11.1 Å². The van der Waals surface area contributed by atoms with Crippen molar-refractivity contribution in [1.29, 1.82) is 0 Å². The average molecular weight is 447 g/mol. The summed E-state index contributed by atoms with van der Waals surface area (Å²) in [6.45, 7) is 7.98. The van der Waals surface area contributed by atoms with Crippen molar-refractivity contribution in [2.24, 2.45) is 5.92 Å². The molecular weight excluding hydrogens is 412 g/mol. The molecule has 32 heavy (non-hydrogen) atoms. The van der Waals surface area contributed by atoms with E-state index < -0.39 is 23.3 Å². The van der Waals surface area contributed by atoms with Crippen LogP contribution in [0.5, 0.6) is 0 Å². The van der Waals surface area contributed by atoms with Crippen molar-refractivity contribution in [2.75, 3.05) is 32.8 Å². The number of aromatic nitrogens is 1. The minimum Gasteiger partial charge on any atom is -0.450 e. The molecule has 1 saturated carbocycles. The van der Waals surface area contributed by atoms with Gasteiger partial charge in [-0.15, -0.1) is 0 Å². The van der Waals surface area contributed by atoms with Gasteiger partial charge in [0, 0.05) is 51.2 Å². The Morgan fingerprint density at radius 3 is 2.22 bits per heavy atom. The Kier molecular flexibility index (Phi) is 7.93. The van der Waals surface area contributed by atoms with E-state index in [4.69, 9.17) is 4.74 Å². The Labute approximate surface area is 188 Å². The van der Waals surface area contributed by atoms with E-state index in [1.807, 2.05) is 13.8 Å². The van der Waals surface area contributed by atoms with Gasteiger partial charge in [-0.05, 0) is 25.7 Å². The minimum absolute atomic E-state index is 0.00527. The second-order valence-corrected chi connectivity index (χ2v) is 8.94. The van der Waals surface area contributed by atoms with Crippen LogP contribution >= 0.6 is 0 Å². The summed E-state index contributed by atoms with van der Waals surface area (Å²) < 4.78 is 6.78. The van der Waals surface area contributed by atoms with Crippen molar-refractivity contribution in [3.8, 4) is 0 Å². The highest BCUT2D eigenvalue weighted by molar-refractivity contribution is 5.99. The van der Waals surface area contributed by atoms with Crippen molar-refractivity contribution in [2.45, 2.75) is 59.0 Å². The van der Waals surface area contributed by atoms with E-state index in [1.54, 1.807) is 33.7 Å². The van der Waals surface area contributed by atoms with Crippen LogP contribution in [0, 0.1) is 5.92 Å². The number of pyridine rings is 1. The van der Waals surface area contributed by atoms with Crippen LogP contribution in [0.25, 0.3) is 0 Å². The van der Waals surface area contributed by atoms with Gasteiger partial charge in [0.25, 0.3) is 11.8 Å². The largest absolute Gasteiger partial charge is 0.450 e. The lowest BCUT2D eigenvalue weighted by Crippen LogP contribution is -2.51. The summed E-state index contributed by atoms with van der Waals surface area (Å²) >= 11 is 0. The maximum atomic E-state index is 13.2. The van der Waals surface area contributed by atoms with Crippen LogP contribution in [-0.2, 0) is 11.3 Å². The quantitative estimate of drug-likeness (QED) is 0.721. The number of nitrogens with one attached hydrogen (secondary N) is 1. The first-order valence-corrected chi connectivity index (χ1v) is 11.6. The van der Waals surface area contributed by atoms with Gasteiger partial charge in [0.15, 0.2) is 0 Å². The molecule has 2 fully saturated rings. The molecule has 0 bridgehead atoms. The Hall–Kier alpha value is -2.84. The van der Waals surface area contributed by atoms with Crippen molar-refractivity contribution < 1.29 is 19.1 Å². The van der Waals surface area contributed by atoms with Gasteiger partial charge in [0.2, 0.25) is 5.43 Å². The average Bonchev–Trinajstić information content (AvgIpc) is 3.27. The molecule has 1 saturated heterocycles. The second kappa shape index (κ2) is 10.7. The molecular formula is C23H34N4O5. The molecule has 3 rings (SSSR count). The summed E-state index contributed by atoms with van der Waals surface area (Å²) in [5.74, 6) is -0.549. The van der Waals surface area contributed by atoms with Gasteiger partial charge in [0.05, 0.1) is 6.61 Å². The summed E-state index contributed by atoms with van der Waals surface area (Å²) in [5, 5.41) is 2.96. The molecule has 1 N–H and O–H groups in total. The van der Waals surface area contributed by atoms with Crippen LogP contribution in [0.4, 0.5) is 4.79 Å². The van der Waals surface area contributed by atoms with Gasteiger partial charge in [-0.2, -0.15) is 0 Å². The molecule has 3 amide bonds. The maximum Gasteiger partial charge on any atom is 0.409 e. The molecule has 1 aromatic heterocycles. The van der Waals surface area contributed by atoms with E-state index in [1.165, 1.54) is 0 Å². The van der Waals surface area contributed by atoms with Crippen molar-refractivity contribution in [3.05, 3.63) is 33.7 Å². The number of hydrogen-bond donors (Lipinski definition) is 1. The number of hydrogen-bond acceptors (Lipinski definition) is 5. The monoisotopic (exact) mass is 446 g/mol. The van der Waals surface area contributed by atoms with E-state index in [-0.39, 0.29) is 23.1 Å². The lowest BCUT2D eigenvalue weighted by molar-refractivity contribution is 0.0568. The third-order valence-electron chi connectivity index (χ3n) is 5.91. The summed E-state index contributed by atoms with van der Waals surface area (Å²) in [6, 6.07) is 0.0794. The minimum atomic E-state index is -0.543.